The van der Waals surface area contributed by atoms with Crippen LogP contribution in [0.4, 0.5) is 0 Å². The van der Waals surface area contributed by atoms with Gasteiger partial charge in [-0.1, -0.05) is 11.8 Å². The second-order valence-corrected chi connectivity index (χ2v) is 3.22. The van der Waals surface area contributed by atoms with Crippen molar-refractivity contribution < 1.29 is 14.3 Å². The van der Waals surface area contributed by atoms with Crippen LogP contribution in [0.5, 0.6) is 0 Å². The van der Waals surface area contributed by atoms with Gasteiger partial charge in [0.1, 0.15) is 5.50 Å². The molecule has 1 fully saturated rings. The van der Waals surface area contributed by atoms with Gasteiger partial charge in [0.15, 0.2) is 5.25 Å². The first-order valence-electron chi connectivity index (χ1n) is 2.94. The summed E-state index contributed by atoms with van der Waals surface area (Å²) in [5.74, 6) is -0.935. The summed E-state index contributed by atoms with van der Waals surface area (Å²) < 4.78 is 4.38. The molecule has 1 rings (SSSR count). The minimum Gasteiger partial charge on any atom is -0.468 e. The lowest BCUT2D eigenvalue weighted by Gasteiger charge is -2.01. The average molecular weight is 176 g/mol. The van der Waals surface area contributed by atoms with Gasteiger partial charge in [0.2, 0.25) is 5.91 Å². The third-order valence-electron chi connectivity index (χ3n) is 1.22. The van der Waals surface area contributed by atoms with Crippen LogP contribution in [0.15, 0.2) is 0 Å². The third kappa shape index (κ3) is 1.63. The highest BCUT2D eigenvalue weighted by molar-refractivity contribution is 8.02. The smallest absolute Gasteiger partial charge is 0.328 e. The highest BCUT2D eigenvalue weighted by Crippen LogP contribution is 2.20. The molecule has 11 heavy (non-hydrogen) atoms. The average Bonchev–Trinajstić information content (AvgIpc) is 2.28. The summed E-state index contributed by atoms with van der Waals surface area (Å²) in [7, 11) is 1.24. The van der Waals surface area contributed by atoms with E-state index in [-0.39, 0.29) is 5.91 Å². The quantitative estimate of drug-likeness (QED) is 0.380. The van der Waals surface area contributed by atoms with Crippen LogP contribution in [-0.2, 0) is 14.3 Å². The lowest BCUT2D eigenvalue weighted by molar-refractivity contribution is -0.142. The van der Waals surface area contributed by atoms with Gasteiger partial charge >= 0.3 is 5.97 Å². The van der Waals surface area contributed by atoms with Crippen molar-refractivity contribution in [3.8, 4) is 0 Å². The number of hydrogen-bond donors (Lipinski definition) is 2. The van der Waals surface area contributed by atoms with E-state index in [4.69, 9.17) is 5.73 Å². The molecule has 0 spiro atoms. The molecule has 6 heteroatoms. The van der Waals surface area contributed by atoms with E-state index in [1.54, 1.807) is 0 Å². The molecule has 1 amide bonds. The van der Waals surface area contributed by atoms with Crippen molar-refractivity contribution in [1.29, 1.82) is 0 Å². The Kier molecular flexibility index (Phi) is 2.35. The molecule has 2 unspecified atom stereocenters. The third-order valence-corrected chi connectivity index (χ3v) is 2.31. The number of methoxy groups -OCH3 is 1. The summed E-state index contributed by atoms with van der Waals surface area (Å²) in [5.41, 5.74) is 4.84. The number of carbonyl (C=O) groups is 2. The van der Waals surface area contributed by atoms with Gasteiger partial charge in [0.05, 0.1) is 7.11 Å². The molecule has 3 N–H and O–H groups in total. The molecular weight excluding hydrogens is 168 g/mol. The normalized spacial score (nSPS) is 29.8. The largest absolute Gasteiger partial charge is 0.468 e. The maximum atomic E-state index is 10.9. The monoisotopic (exact) mass is 176 g/mol. The molecule has 0 aromatic carbocycles. The Morgan fingerprint density at radius 2 is 2.45 bits per heavy atom. The summed E-state index contributed by atoms with van der Waals surface area (Å²) in [4.78, 5) is 21.7. The van der Waals surface area contributed by atoms with Gasteiger partial charge in [-0.25, -0.2) is 0 Å². The van der Waals surface area contributed by atoms with Crippen molar-refractivity contribution in [3.05, 3.63) is 0 Å². The van der Waals surface area contributed by atoms with Crippen LogP contribution in [0, 0.1) is 0 Å². The van der Waals surface area contributed by atoms with E-state index in [9.17, 15) is 9.59 Å². The molecular formula is C5H8N2O3S. The maximum Gasteiger partial charge on any atom is 0.328 e. The highest BCUT2D eigenvalue weighted by Gasteiger charge is 2.37. The summed E-state index contributed by atoms with van der Waals surface area (Å²) in [6.45, 7) is 0. The molecule has 1 heterocycles. The van der Waals surface area contributed by atoms with Crippen molar-refractivity contribution in [1.82, 2.24) is 5.32 Å². The molecule has 0 aromatic rings. The van der Waals surface area contributed by atoms with Crippen molar-refractivity contribution in [3.63, 3.8) is 0 Å². The fraction of sp³-hybridized carbons (Fsp3) is 0.600. The van der Waals surface area contributed by atoms with Crippen molar-refractivity contribution in [2.24, 2.45) is 5.73 Å². The molecule has 0 radical (unpaired) electrons. The number of hydrogen-bond acceptors (Lipinski definition) is 5. The molecule has 0 bridgehead atoms. The van der Waals surface area contributed by atoms with Crippen molar-refractivity contribution >= 4 is 23.6 Å². The van der Waals surface area contributed by atoms with E-state index in [1.807, 2.05) is 0 Å². The summed E-state index contributed by atoms with van der Waals surface area (Å²) >= 11 is 1.05. The van der Waals surface area contributed by atoms with E-state index >= 15 is 0 Å². The standard InChI is InChI=1S/C5H8N2O3S/c1-10-4(9)2-3(8)7-5(6)11-2/h2,5H,6H2,1H3,(H,7,8). The van der Waals surface area contributed by atoms with Gasteiger partial charge in [-0.2, -0.15) is 0 Å². The molecule has 62 valence electrons. The predicted octanol–water partition coefficient (Wildman–Crippen LogP) is -1.37. The molecule has 1 aliphatic heterocycles. The van der Waals surface area contributed by atoms with E-state index in [0.717, 1.165) is 11.8 Å². The molecule has 1 saturated heterocycles. The molecule has 2 atom stereocenters. The Balaban J connectivity index is 2.60. The minimum absolute atomic E-state index is 0.380. The van der Waals surface area contributed by atoms with Crippen LogP contribution in [0.1, 0.15) is 0 Å². The lowest BCUT2D eigenvalue weighted by Crippen LogP contribution is -2.34. The number of thioether (sulfide) groups is 1. The fourth-order valence-corrected chi connectivity index (χ4v) is 1.60. The number of rotatable bonds is 1. The van der Waals surface area contributed by atoms with Gasteiger partial charge in [-0.05, 0) is 0 Å². The number of nitrogens with one attached hydrogen (secondary N) is 1. The van der Waals surface area contributed by atoms with Crippen LogP contribution in [0.25, 0.3) is 0 Å². The number of amides is 1. The summed E-state index contributed by atoms with van der Waals surface area (Å²) in [6.07, 6.45) is 0. The maximum absolute atomic E-state index is 10.9. The molecule has 1 aliphatic rings. The summed E-state index contributed by atoms with van der Waals surface area (Å²) in [5, 5.41) is 1.59. The first kappa shape index (κ1) is 8.35. The van der Waals surface area contributed by atoms with Crippen LogP contribution in [-0.4, -0.2) is 29.7 Å². The van der Waals surface area contributed by atoms with Crippen LogP contribution in [0.2, 0.25) is 0 Å². The second kappa shape index (κ2) is 3.10. The Bertz CT molecular complexity index is 188. The molecule has 0 aromatic heterocycles. The topological polar surface area (TPSA) is 81.4 Å². The van der Waals surface area contributed by atoms with Crippen molar-refractivity contribution in [2.75, 3.05) is 7.11 Å². The molecule has 5 nitrogen and oxygen atoms in total. The van der Waals surface area contributed by atoms with Gasteiger partial charge < -0.3 is 15.8 Å². The van der Waals surface area contributed by atoms with Crippen molar-refractivity contribution in [2.45, 2.75) is 10.7 Å². The van der Waals surface area contributed by atoms with E-state index < -0.39 is 16.7 Å². The van der Waals surface area contributed by atoms with Gasteiger partial charge in [0.25, 0.3) is 0 Å². The molecule has 0 aliphatic carbocycles. The molecule has 0 saturated carbocycles. The fourth-order valence-electron chi connectivity index (χ4n) is 0.728. The second-order valence-electron chi connectivity index (χ2n) is 1.97. The Hall–Kier alpha value is -0.750. The Labute approximate surface area is 67.6 Å². The first-order valence-corrected chi connectivity index (χ1v) is 3.88. The number of ether oxygens (including phenoxy) is 1. The number of carbonyl (C=O) groups excluding carboxylic acids is 2. The van der Waals surface area contributed by atoms with Gasteiger partial charge in [0, 0.05) is 0 Å². The number of esters is 1. The SMILES string of the molecule is COC(=O)C1SC(N)NC1=O. The van der Waals surface area contributed by atoms with Gasteiger partial charge in [-0.15, -0.1) is 0 Å². The zero-order valence-corrected chi connectivity index (χ0v) is 6.68. The van der Waals surface area contributed by atoms with E-state index in [0.29, 0.717) is 0 Å². The van der Waals surface area contributed by atoms with Gasteiger partial charge in [-0.3, -0.25) is 9.59 Å². The highest BCUT2D eigenvalue weighted by atomic mass is 32.2. The Morgan fingerprint density at radius 1 is 1.82 bits per heavy atom. The first-order chi connectivity index (χ1) is 5.15. The predicted molar refractivity (Wildman–Crippen MR) is 39.5 cm³/mol. The summed E-state index contributed by atoms with van der Waals surface area (Å²) in [6, 6.07) is 0. The Morgan fingerprint density at radius 3 is 2.82 bits per heavy atom. The van der Waals surface area contributed by atoms with Crippen LogP contribution < -0.4 is 11.1 Å². The van der Waals surface area contributed by atoms with E-state index in [2.05, 4.69) is 10.1 Å². The van der Waals surface area contributed by atoms with E-state index in [1.165, 1.54) is 7.11 Å². The zero-order valence-electron chi connectivity index (χ0n) is 5.87. The number of nitrogens with two attached hydrogens (primary N) is 1. The van der Waals surface area contributed by atoms with Crippen LogP contribution in [0.3, 0.4) is 0 Å². The minimum atomic E-state index is -0.796. The van der Waals surface area contributed by atoms with Crippen LogP contribution >= 0.6 is 11.8 Å². The lowest BCUT2D eigenvalue weighted by atomic mass is 10.4. The zero-order chi connectivity index (χ0) is 8.43.